The van der Waals surface area contributed by atoms with Crippen molar-refractivity contribution in [3.63, 3.8) is 0 Å². The van der Waals surface area contributed by atoms with Crippen LogP contribution >= 0.6 is 11.6 Å². The number of carbonyl (C=O) groups excluding carboxylic acids is 1. The van der Waals surface area contributed by atoms with Gasteiger partial charge in [0.05, 0.1) is 18.8 Å². The predicted molar refractivity (Wildman–Crippen MR) is 108 cm³/mol. The summed E-state index contributed by atoms with van der Waals surface area (Å²) in [7, 11) is -1.47. The largest absolute Gasteiger partial charge is 0.344 e. The van der Waals surface area contributed by atoms with Gasteiger partial charge in [-0.15, -0.1) is 0 Å². The lowest BCUT2D eigenvalue weighted by molar-refractivity contribution is -0.122. The number of hydrogen-bond donors (Lipinski definition) is 2. The van der Waals surface area contributed by atoms with Crippen LogP contribution < -0.4 is 10.0 Å². The fraction of sp³-hybridized carbons (Fsp3) is 0.316. The van der Waals surface area contributed by atoms with E-state index in [1.807, 2.05) is 48.5 Å². The number of rotatable bonds is 9. The molecule has 2 N–H and O–H groups in total. The summed E-state index contributed by atoms with van der Waals surface area (Å²) in [5, 5.41) is 3.64. The van der Waals surface area contributed by atoms with Gasteiger partial charge >= 0.3 is 0 Å². The molecule has 146 valence electrons. The average Bonchev–Trinajstić information content (AvgIpc) is 2.59. The molecule has 1 amide bonds. The van der Waals surface area contributed by atoms with Gasteiger partial charge in [-0.25, -0.2) is 13.1 Å². The molecule has 2 rings (SSSR count). The molecule has 0 saturated heterocycles. The van der Waals surface area contributed by atoms with Gasteiger partial charge in [0.25, 0.3) is 0 Å². The van der Waals surface area contributed by atoms with Crippen LogP contribution in [0.25, 0.3) is 0 Å². The normalized spacial score (nSPS) is 12.7. The molecule has 0 saturated carbocycles. The number of halogens is 1. The van der Waals surface area contributed by atoms with Crippen molar-refractivity contribution in [1.29, 1.82) is 0 Å². The maximum absolute atomic E-state index is 12.5. The highest BCUT2D eigenvalue weighted by Crippen LogP contribution is 2.24. The van der Waals surface area contributed by atoms with Crippen molar-refractivity contribution in [2.45, 2.75) is 6.04 Å². The van der Waals surface area contributed by atoms with E-state index >= 15 is 0 Å². The first kappa shape index (κ1) is 21.4. The zero-order valence-electron chi connectivity index (χ0n) is 15.4. The van der Waals surface area contributed by atoms with Crippen molar-refractivity contribution in [3.8, 4) is 0 Å². The summed E-state index contributed by atoms with van der Waals surface area (Å²) < 4.78 is 24.6. The van der Waals surface area contributed by atoms with Crippen LogP contribution in [0.5, 0.6) is 0 Å². The molecule has 8 heteroatoms. The van der Waals surface area contributed by atoms with E-state index < -0.39 is 10.0 Å². The Balaban J connectivity index is 2.03. The number of hydrogen-bond acceptors (Lipinski definition) is 4. The van der Waals surface area contributed by atoms with Gasteiger partial charge in [0.2, 0.25) is 15.9 Å². The Kier molecular flexibility index (Phi) is 7.79. The van der Waals surface area contributed by atoms with Crippen LogP contribution in [-0.2, 0) is 14.8 Å². The van der Waals surface area contributed by atoms with Gasteiger partial charge in [-0.3, -0.25) is 9.69 Å². The number of amides is 1. The predicted octanol–water partition coefficient (Wildman–Crippen LogP) is 2.03. The molecule has 0 radical (unpaired) electrons. The molecular weight excluding hydrogens is 386 g/mol. The van der Waals surface area contributed by atoms with Crippen LogP contribution in [0.2, 0.25) is 5.02 Å². The fourth-order valence-electron chi connectivity index (χ4n) is 2.64. The Morgan fingerprint density at radius 1 is 1.11 bits per heavy atom. The van der Waals surface area contributed by atoms with Crippen LogP contribution in [0.1, 0.15) is 17.2 Å². The summed E-state index contributed by atoms with van der Waals surface area (Å²) in [5.41, 5.74) is 1.85. The van der Waals surface area contributed by atoms with Gasteiger partial charge in [0.15, 0.2) is 0 Å². The third kappa shape index (κ3) is 7.68. The Labute approximate surface area is 165 Å². The van der Waals surface area contributed by atoms with Crippen LogP contribution in [0.3, 0.4) is 0 Å². The Bertz CT molecular complexity index is 860. The second kappa shape index (κ2) is 9.85. The monoisotopic (exact) mass is 409 g/mol. The number of nitrogens with one attached hydrogen (secondary N) is 2. The fourth-order valence-corrected chi connectivity index (χ4v) is 3.30. The zero-order chi connectivity index (χ0) is 19.9. The summed E-state index contributed by atoms with van der Waals surface area (Å²) in [4.78, 5) is 14.3. The van der Waals surface area contributed by atoms with Gasteiger partial charge in [0, 0.05) is 18.1 Å². The summed E-state index contributed by atoms with van der Waals surface area (Å²) in [6, 6.07) is 16.7. The Morgan fingerprint density at radius 3 is 2.41 bits per heavy atom. The van der Waals surface area contributed by atoms with Crippen molar-refractivity contribution >= 4 is 27.5 Å². The van der Waals surface area contributed by atoms with Gasteiger partial charge in [-0.1, -0.05) is 54.1 Å². The molecule has 1 unspecified atom stereocenters. The molecule has 0 aliphatic rings. The van der Waals surface area contributed by atoms with E-state index in [1.165, 1.54) is 0 Å². The number of likely N-dealkylation sites (N-methyl/N-ethyl adjacent to an activating group) is 1. The van der Waals surface area contributed by atoms with Crippen molar-refractivity contribution < 1.29 is 13.2 Å². The van der Waals surface area contributed by atoms with Crippen LogP contribution in [0, 0.1) is 0 Å². The topological polar surface area (TPSA) is 78.5 Å². The molecule has 0 heterocycles. The highest BCUT2D eigenvalue weighted by molar-refractivity contribution is 7.88. The highest BCUT2D eigenvalue weighted by Gasteiger charge is 2.18. The van der Waals surface area contributed by atoms with Crippen molar-refractivity contribution in [3.05, 3.63) is 70.7 Å². The summed E-state index contributed by atoms with van der Waals surface area (Å²) in [5.74, 6) is -0.161. The smallest absolute Gasteiger partial charge is 0.234 e. The standard InChI is InChI=1S/C19H24ClN3O3S/c1-23(12-11-21-27(2,25)26)14-18(24)22-19(15-7-4-3-5-8-15)16-9-6-10-17(20)13-16/h3-10,13,19,21H,11-12,14H2,1-2H3,(H,22,24). The second-order valence-electron chi connectivity index (χ2n) is 6.37. The van der Waals surface area contributed by atoms with Crippen molar-refractivity contribution in [2.75, 3.05) is 32.9 Å². The van der Waals surface area contributed by atoms with E-state index in [2.05, 4.69) is 10.0 Å². The molecule has 1 atom stereocenters. The van der Waals surface area contributed by atoms with Crippen LogP contribution in [-0.4, -0.2) is 52.2 Å². The second-order valence-corrected chi connectivity index (χ2v) is 8.64. The van der Waals surface area contributed by atoms with Gasteiger partial charge < -0.3 is 5.32 Å². The third-order valence-electron chi connectivity index (χ3n) is 3.89. The molecule has 0 bridgehead atoms. The van der Waals surface area contributed by atoms with Gasteiger partial charge in [-0.2, -0.15) is 0 Å². The number of benzene rings is 2. The molecule has 2 aromatic rings. The number of sulfonamides is 1. The minimum atomic E-state index is -3.23. The first-order valence-electron chi connectivity index (χ1n) is 8.47. The summed E-state index contributed by atoms with van der Waals surface area (Å²) in [6.07, 6.45) is 1.11. The Hall–Kier alpha value is -1.93. The van der Waals surface area contributed by atoms with Crippen molar-refractivity contribution in [1.82, 2.24) is 14.9 Å². The maximum Gasteiger partial charge on any atom is 0.234 e. The summed E-state index contributed by atoms with van der Waals surface area (Å²) >= 11 is 6.11. The van der Waals surface area contributed by atoms with E-state index in [4.69, 9.17) is 11.6 Å². The molecule has 0 fully saturated rings. The summed E-state index contributed by atoms with van der Waals surface area (Å²) in [6.45, 7) is 0.821. The van der Waals surface area contributed by atoms with E-state index in [0.717, 1.165) is 17.4 Å². The molecule has 2 aromatic carbocycles. The zero-order valence-corrected chi connectivity index (χ0v) is 16.9. The number of nitrogens with zero attached hydrogens (tertiary/aromatic N) is 1. The first-order chi connectivity index (χ1) is 12.7. The minimum absolute atomic E-state index is 0.148. The van der Waals surface area contributed by atoms with Crippen LogP contribution in [0.15, 0.2) is 54.6 Å². The molecular formula is C19H24ClN3O3S. The average molecular weight is 410 g/mol. The van der Waals surface area contributed by atoms with E-state index in [1.54, 1.807) is 18.0 Å². The molecule has 0 spiro atoms. The number of carbonyl (C=O) groups is 1. The molecule has 6 nitrogen and oxygen atoms in total. The van der Waals surface area contributed by atoms with Gasteiger partial charge in [-0.05, 0) is 30.3 Å². The molecule has 0 aliphatic heterocycles. The molecule has 0 aromatic heterocycles. The quantitative estimate of drug-likeness (QED) is 0.664. The Morgan fingerprint density at radius 2 is 1.78 bits per heavy atom. The van der Waals surface area contributed by atoms with E-state index in [0.29, 0.717) is 11.6 Å². The minimum Gasteiger partial charge on any atom is -0.344 e. The molecule has 27 heavy (non-hydrogen) atoms. The lowest BCUT2D eigenvalue weighted by atomic mass is 9.98. The van der Waals surface area contributed by atoms with E-state index in [9.17, 15) is 13.2 Å². The lowest BCUT2D eigenvalue weighted by Gasteiger charge is -2.22. The SMILES string of the molecule is CN(CCNS(C)(=O)=O)CC(=O)NC(c1ccccc1)c1cccc(Cl)c1. The van der Waals surface area contributed by atoms with Gasteiger partial charge in [0.1, 0.15) is 0 Å². The lowest BCUT2D eigenvalue weighted by Crippen LogP contribution is -2.40. The highest BCUT2D eigenvalue weighted by atomic mass is 35.5. The van der Waals surface area contributed by atoms with Crippen molar-refractivity contribution in [2.24, 2.45) is 0 Å². The first-order valence-corrected chi connectivity index (χ1v) is 10.7. The molecule has 0 aliphatic carbocycles. The van der Waals surface area contributed by atoms with E-state index in [-0.39, 0.29) is 25.0 Å². The third-order valence-corrected chi connectivity index (χ3v) is 4.86. The maximum atomic E-state index is 12.5. The van der Waals surface area contributed by atoms with Crippen LogP contribution in [0.4, 0.5) is 0 Å².